The molecule has 0 aromatic carbocycles. The van der Waals surface area contributed by atoms with Gasteiger partial charge in [0.1, 0.15) is 18.8 Å². The molecule has 2 aliphatic heterocycles. The standard InChI is InChI=1S/C28H38O19/c1-11(29)37-9-19-21(39-12(2)30)23(41-14(4)32)25(43-16(6)34)27(46-19)38-10-20-22(40-13(3)31)24(42-15(5)33)26(44-17(7)35)28(47-20)45-18(8)36/h19-28H,9-10H2,1-8H3/t19-,20-,21+,22+,23+,24+,25+,26+,27+,28+/m0/s1. The van der Waals surface area contributed by atoms with Crippen LogP contribution in [0.4, 0.5) is 0 Å². The maximum Gasteiger partial charge on any atom is 0.305 e. The first-order valence-corrected chi connectivity index (χ1v) is 14.2. The summed E-state index contributed by atoms with van der Waals surface area (Å²) in [5, 5.41) is 0. The molecule has 19 heteroatoms. The second-order valence-corrected chi connectivity index (χ2v) is 10.3. The Morgan fingerprint density at radius 2 is 0.702 bits per heavy atom. The molecule has 2 saturated heterocycles. The Labute approximate surface area is 268 Å². The smallest absolute Gasteiger partial charge is 0.305 e. The van der Waals surface area contributed by atoms with Crippen LogP contribution in [0.25, 0.3) is 0 Å². The van der Waals surface area contributed by atoms with E-state index < -0.39 is 122 Å². The van der Waals surface area contributed by atoms with Gasteiger partial charge in [-0.05, 0) is 0 Å². The van der Waals surface area contributed by atoms with Gasteiger partial charge in [0.2, 0.25) is 12.4 Å². The minimum atomic E-state index is -1.71. The van der Waals surface area contributed by atoms with Crippen LogP contribution in [0.15, 0.2) is 0 Å². The van der Waals surface area contributed by atoms with Gasteiger partial charge in [-0.3, -0.25) is 38.4 Å². The lowest BCUT2D eigenvalue weighted by atomic mass is 9.97. The van der Waals surface area contributed by atoms with E-state index in [1.165, 1.54) is 0 Å². The molecule has 19 nitrogen and oxygen atoms in total. The van der Waals surface area contributed by atoms with Gasteiger partial charge in [0.05, 0.1) is 6.61 Å². The highest BCUT2D eigenvalue weighted by molar-refractivity contribution is 5.70. The Hall–Kier alpha value is -4.36. The van der Waals surface area contributed by atoms with E-state index in [1.807, 2.05) is 0 Å². The van der Waals surface area contributed by atoms with E-state index >= 15 is 0 Å². The highest BCUT2D eigenvalue weighted by Crippen LogP contribution is 2.33. The predicted octanol–water partition coefficient (Wildman–Crippen LogP) is -0.831. The first-order valence-electron chi connectivity index (χ1n) is 14.2. The van der Waals surface area contributed by atoms with Crippen LogP contribution in [-0.4, -0.2) is 122 Å². The van der Waals surface area contributed by atoms with Crippen molar-refractivity contribution in [3.05, 3.63) is 0 Å². The van der Waals surface area contributed by atoms with Crippen LogP contribution in [0.5, 0.6) is 0 Å². The van der Waals surface area contributed by atoms with Crippen LogP contribution in [0.2, 0.25) is 0 Å². The van der Waals surface area contributed by atoms with Crippen molar-refractivity contribution in [1.82, 2.24) is 0 Å². The average molecular weight is 679 g/mol. The van der Waals surface area contributed by atoms with E-state index in [-0.39, 0.29) is 0 Å². The van der Waals surface area contributed by atoms with Gasteiger partial charge in [-0.25, -0.2) is 0 Å². The van der Waals surface area contributed by atoms with Crippen molar-refractivity contribution in [2.45, 2.75) is 117 Å². The second kappa shape index (κ2) is 17.5. The summed E-state index contributed by atoms with van der Waals surface area (Å²) in [5.41, 5.74) is 0. The summed E-state index contributed by atoms with van der Waals surface area (Å²) in [4.78, 5) is 95.9. The van der Waals surface area contributed by atoms with Crippen molar-refractivity contribution < 1.29 is 90.5 Å². The van der Waals surface area contributed by atoms with Crippen LogP contribution in [0.3, 0.4) is 0 Å². The van der Waals surface area contributed by atoms with Gasteiger partial charge in [-0.2, -0.15) is 0 Å². The maximum atomic E-state index is 12.1. The molecule has 10 atom stereocenters. The van der Waals surface area contributed by atoms with Crippen molar-refractivity contribution in [3.8, 4) is 0 Å². The van der Waals surface area contributed by atoms with Crippen molar-refractivity contribution in [1.29, 1.82) is 0 Å². The van der Waals surface area contributed by atoms with Gasteiger partial charge >= 0.3 is 47.8 Å². The van der Waals surface area contributed by atoms with Gasteiger partial charge in [-0.15, -0.1) is 0 Å². The predicted molar refractivity (Wildman–Crippen MR) is 145 cm³/mol. The lowest BCUT2D eigenvalue weighted by Crippen LogP contribution is -2.65. The molecule has 0 aromatic rings. The molecule has 0 bridgehead atoms. The summed E-state index contributed by atoms with van der Waals surface area (Å²) < 4.78 is 59.8. The minimum absolute atomic E-state index is 0.541. The molecule has 2 aliphatic rings. The highest BCUT2D eigenvalue weighted by atomic mass is 16.8. The summed E-state index contributed by atoms with van der Waals surface area (Å²) in [7, 11) is 0. The third-order valence-electron chi connectivity index (χ3n) is 6.15. The first kappa shape index (κ1) is 38.8. The average Bonchev–Trinajstić information content (AvgIpc) is 2.91. The minimum Gasteiger partial charge on any atom is -0.463 e. The molecule has 0 N–H and O–H groups in total. The molecule has 0 spiro atoms. The van der Waals surface area contributed by atoms with Gasteiger partial charge < -0.3 is 52.1 Å². The highest BCUT2D eigenvalue weighted by Gasteiger charge is 2.56. The number of esters is 8. The first-order chi connectivity index (χ1) is 21.9. The fourth-order valence-corrected chi connectivity index (χ4v) is 4.76. The van der Waals surface area contributed by atoms with Crippen LogP contribution >= 0.6 is 0 Å². The van der Waals surface area contributed by atoms with Gasteiger partial charge in [0.25, 0.3) is 0 Å². The van der Waals surface area contributed by atoms with Crippen LogP contribution in [0, 0.1) is 0 Å². The molecule has 47 heavy (non-hydrogen) atoms. The molecule has 0 amide bonds. The van der Waals surface area contributed by atoms with E-state index in [4.69, 9.17) is 52.1 Å². The van der Waals surface area contributed by atoms with Crippen molar-refractivity contribution in [2.75, 3.05) is 13.2 Å². The number of ether oxygens (including phenoxy) is 11. The summed E-state index contributed by atoms with van der Waals surface area (Å²) in [6.45, 7) is 7.09. The molecule has 0 unspecified atom stereocenters. The SMILES string of the molecule is CC(=O)OC[C@@H]1O[C@@H](OC[C@@H]2O[C@@H](OC(C)=O)[C@H](OC(C)=O)[C@H](OC(C)=O)[C@@H]2OC(C)=O)[C@H](OC(C)=O)[C@H](OC(C)=O)[C@@H]1OC(C)=O. The topological polar surface area (TPSA) is 238 Å². The van der Waals surface area contributed by atoms with Crippen LogP contribution in [-0.2, 0) is 90.5 Å². The van der Waals surface area contributed by atoms with E-state index in [1.54, 1.807) is 0 Å². The van der Waals surface area contributed by atoms with E-state index in [0.29, 0.717) is 0 Å². The molecule has 2 fully saturated rings. The lowest BCUT2D eigenvalue weighted by molar-refractivity contribution is -0.331. The number of rotatable bonds is 12. The molecule has 0 aromatic heterocycles. The van der Waals surface area contributed by atoms with E-state index in [2.05, 4.69) is 0 Å². The van der Waals surface area contributed by atoms with Crippen molar-refractivity contribution in [2.24, 2.45) is 0 Å². The Balaban J connectivity index is 2.56. The molecule has 2 rings (SSSR count). The summed E-state index contributed by atoms with van der Waals surface area (Å²) in [6.07, 6.45) is -15.6. The Bertz CT molecular complexity index is 1200. The second-order valence-electron chi connectivity index (χ2n) is 10.3. The van der Waals surface area contributed by atoms with Gasteiger partial charge in [-0.1, -0.05) is 0 Å². The number of hydrogen-bond donors (Lipinski definition) is 0. The molecule has 0 radical (unpaired) electrons. The number of carbonyl (C=O) groups is 8. The summed E-state index contributed by atoms with van der Waals surface area (Å²) in [5.74, 6) is -6.93. The molecular formula is C28H38O19. The Kier molecular flexibility index (Phi) is 14.5. The zero-order valence-corrected chi connectivity index (χ0v) is 26.9. The summed E-state index contributed by atoms with van der Waals surface area (Å²) >= 11 is 0. The zero-order chi connectivity index (χ0) is 35.6. The molecule has 0 aliphatic carbocycles. The fraction of sp³-hybridized carbons (Fsp3) is 0.714. The van der Waals surface area contributed by atoms with Crippen LogP contribution < -0.4 is 0 Å². The van der Waals surface area contributed by atoms with Gasteiger partial charge in [0.15, 0.2) is 36.8 Å². The largest absolute Gasteiger partial charge is 0.463 e. The molecule has 2 heterocycles. The molecule has 264 valence electrons. The van der Waals surface area contributed by atoms with Crippen molar-refractivity contribution in [3.63, 3.8) is 0 Å². The van der Waals surface area contributed by atoms with E-state index in [9.17, 15) is 38.4 Å². The summed E-state index contributed by atoms with van der Waals surface area (Å²) in [6, 6.07) is 0. The normalized spacial score (nSPS) is 30.0. The quantitative estimate of drug-likeness (QED) is 0.181. The van der Waals surface area contributed by atoms with E-state index in [0.717, 1.165) is 55.4 Å². The zero-order valence-electron chi connectivity index (χ0n) is 26.9. The maximum absolute atomic E-state index is 12.1. The number of hydrogen-bond acceptors (Lipinski definition) is 19. The Morgan fingerprint density at radius 1 is 0.383 bits per heavy atom. The van der Waals surface area contributed by atoms with Crippen LogP contribution in [0.1, 0.15) is 55.4 Å². The third kappa shape index (κ3) is 12.1. The Morgan fingerprint density at radius 3 is 1.09 bits per heavy atom. The monoisotopic (exact) mass is 678 g/mol. The molecule has 0 saturated carbocycles. The van der Waals surface area contributed by atoms with Gasteiger partial charge in [0, 0.05) is 55.4 Å². The molecular weight excluding hydrogens is 640 g/mol. The van der Waals surface area contributed by atoms with Crippen molar-refractivity contribution >= 4 is 47.8 Å². The fourth-order valence-electron chi connectivity index (χ4n) is 4.76. The lowest BCUT2D eigenvalue weighted by Gasteiger charge is -2.46. The number of carbonyl (C=O) groups excluding carboxylic acids is 8. The third-order valence-corrected chi connectivity index (χ3v) is 6.15.